The first-order valence-corrected chi connectivity index (χ1v) is 9.42. The molecule has 24 heavy (non-hydrogen) atoms. The average molecular weight is 355 g/mol. The molecule has 0 N–H and O–H groups in total. The second-order valence-corrected chi connectivity index (χ2v) is 8.99. The second kappa shape index (κ2) is 5.32. The molecule has 132 valence electrons. The molecule has 0 unspecified atom stereocenters. The number of sulfonamides is 1. The SMILES string of the molecule is CC1(C)OCC2(CO1)CN(S(=O)(=O)c1ccc3c(c1)OCCO3)C2. The number of fused-ring (bicyclic) bond motifs is 1. The Bertz CT molecular complexity index is 742. The van der Waals surface area contributed by atoms with Crippen LogP contribution in [-0.4, -0.2) is 58.0 Å². The van der Waals surface area contributed by atoms with E-state index in [-0.39, 0.29) is 10.3 Å². The molecule has 1 aromatic rings. The lowest BCUT2D eigenvalue weighted by Gasteiger charge is -2.53. The molecule has 0 amide bonds. The maximum atomic E-state index is 12.8. The van der Waals surface area contributed by atoms with Gasteiger partial charge in [-0.1, -0.05) is 0 Å². The molecule has 1 aromatic carbocycles. The Morgan fingerprint density at radius 3 is 2.29 bits per heavy atom. The van der Waals surface area contributed by atoms with Gasteiger partial charge in [0.15, 0.2) is 17.3 Å². The summed E-state index contributed by atoms with van der Waals surface area (Å²) in [6.45, 7) is 6.45. The molecule has 0 aliphatic carbocycles. The van der Waals surface area contributed by atoms with Crippen molar-refractivity contribution in [3.63, 3.8) is 0 Å². The van der Waals surface area contributed by atoms with Gasteiger partial charge in [-0.05, 0) is 26.0 Å². The smallest absolute Gasteiger partial charge is 0.243 e. The van der Waals surface area contributed by atoms with E-state index in [1.165, 1.54) is 10.4 Å². The minimum atomic E-state index is -3.55. The summed E-state index contributed by atoms with van der Waals surface area (Å²) in [7, 11) is -3.55. The van der Waals surface area contributed by atoms with Crippen LogP contribution in [0, 0.1) is 5.41 Å². The highest BCUT2D eigenvalue weighted by atomic mass is 32.2. The van der Waals surface area contributed by atoms with Crippen LogP contribution >= 0.6 is 0 Å². The summed E-state index contributed by atoms with van der Waals surface area (Å²) < 4.78 is 49.3. The van der Waals surface area contributed by atoms with E-state index < -0.39 is 15.8 Å². The van der Waals surface area contributed by atoms with Crippen LogP contribution in [0.2, 0.25) is 0 Å². The van der Waals surface area contributed by atoms with Crippen LogP contribution in [-0.2, 0) is 19.5 Å². The van der Waals surface area contributed by atoms with Gasteiger partial charge >= 0.3 is 0 Å². The zero-order valence-electron chi connectivity index (χ0n) is 13.8. The summed E-state index contributed by atoms with van der Waals surface area (Å²) >= 11 is 0. The molecule has 0 bridgehead atoms. The third-order valence-corrected chi connectivity index (χ3v) is 6.41. The Kier molecular flexibility index (Phi) is 3.58. The zero-order valence-corrected chi connectivity index (χ0v) is 14.6. The molecular formula is C16H21NO6S. The maximum absolute atomic E-state index is 12.8. The lowest BCUT2D eigenvalue weighted by atomic mass is 9.82. The molecule has 0 aromatic heterocycles. The van der Waals surface area contributed by atoms with Gasteiger partial charge in [-0.25, -0.2) is 8.42 Å². The Balaban J connectivity index is 1.49. The molecule has 2 fully saturated rings. The maximum Gasteiger partial charge on any atom is 0.243 e. The van der Waals surface area contributed by atoms with E-state index in [4.69, 9.17) is 18.9 Å². The van der Waals surface area contributed by atoms with E-state index >= 15 is 0 Å². The quantitative estimate of drug-likeness (QED) is 0.794. The third kappa shape index (κ3) is 2.67. The number of benzene rings is 1. The Morgan fingerprint density at radius 1 is 1.00 bits per heavy atom. The summed E-state index contributed by atoms with van der Waals surface area (Å²) in [6, 6.07) is 4.74. The van der Waals surface area contributed by atoms with Crippen LogP contribution in [0.5, 0.6) is 11.5 Å². The molecular weight excluding hydrogens is 334 g/mol. The van der Waals surface area contributed by atoms with Gasteiger partial charge < -0.3 is 18.9 Å². The minimum Gasteiger partial charge on any atom is -0.486 e. The number of ether oxygens (including phenoxy) is 4. The van der Waals surface area contributed by atoms with Crippen LogP contribution in [0.15, 0.2) is 23.1 Å². The van der Waals surface area contributed by atoms with Crippen molar-refractivity contribution in [2.24, 2.45) is 5.41 Å². The summed E-state index contributed by atoms with van der Waals surface area (Å²) in [6.07, 6.45) is 0. The van der Waals surface area contributed by atoms with Crippen LogP contribution < -0.4 is 9.47 Å². The normalized spacial score (nSPS) is 25.2. The van der Waals surface area contributed by atoms with Gasteiger partial charge in [0, 0.05) is 24.6 Å². The summed E-state index contributed by atoms with van der Waals surface area (Å²) in [5.41, 5.74) is -0.240. The van der Waals surface area contributed by atoms with Gasteiger partial charge in [-0.3, -0.25) is 0 Å². The second-order valence-electron chi connectivity index (χ2n) is 7.06. The lowest BCUT2D eigenvalue weighted by molar-refractivity contribution is -0.299. The van der Waals surface area contributed by atoms with Crippen LogP contribution in [0.25, 0.3) is 0 Å². The van der Waals surface area contributed by atoms with E-state index in [0.717, 1.165) is 0 Å². The van der Waals surface area contributed by atoms with Crippen LogP contribution in [0.3, 0.4) is 0 Å². The number of nitrogens with zero attached hydrogens (tertiary/aromatic N) is 1. The summed E-state index contributed by atoms with van der Waals surface area (Å²) in [4.78, 5) is 0.222. The van der Waals surface area contributed by atoms with Gasteiger partial charge in [0.25, 0.3) is 0 Å². The lowest BCUT2D eigenvalue weighted by Crippen LogP contribution is -2.65. The topological polar surface area (TPSA) is 74.3 Å². The van der Waals surface area contributed by atoms with Gasteiger partial charge in [-0.2, -0.15) is 4.31 Å². The predicted molar refractivity (Wildman–Crippen MR) is 84.6 cm³/mol. The van der Waals surface area contributed by atoms with Gasteiger partial charge in [0.2, 0.25) is 10.0 Å². The van der Waals surface area contributed by atoms with Crippen molar-refractivity contribution in [2.75, 3.05) is 39.5 Å². The van der Waals surface area contributed by atoms with Crippen LogP contribution in [0.4, 0.5) is 0 Å². The highest BCUT2D eigenvalue weighted by molar-refractivity contribution is 7.89. The number of hydrogen-bond donors (Lipinski definition) is 0. The standard InChI is InChI=1S/C16H21NO6S/c1-15(2)22-10-16(11-23-15)8-17(9-16)24(18,19)12-3-4-13-14(7-12)21-6-5-20-13/h3-4,7H,5-6,8-11H2,1-2H3. The largest absolute Gasteiger partial charge is 0.486 e. The first kappa shape index (κ1) is 16.1. The molecule has 1 spiro atoms. The highest BCUT2D eigenvalue weighted by Gasteiger charge is 2.52. The van der Waals surface area contributed by atoms with Gasteiger partial charge in [0.1, 0.15) is 13.2 Å². The molecule has 0 saturated carbocycles. The molecule has 0 radical (unpaired) electrons. The zero-order chi connectivity index (χ0) is 17.0. The third-order valence-electron chi connectivity index (χ3n) is 4.63. The molecule has 8 heteroatoms. The highest BCUT2D eigenvalue weighted by Crippen LogP contribution is 2.41. The Hall–Kier alpha value is -1.35. The first-order valence-electron chi connectivity index (χ1n) is 7.98. The molecule has 0 atom stereocenters. The van der Waals surface area contributed by atoms with E-state index in [1.807, 2.05) is 13.8 Å². The van der Waals surface area contributed by atoms with E-state index in [1.54, 1.807) is 12.1 Å². The van der Waals surface area contributed by atoms with Crippen molar-refractivity contribution in [1.29, 1.82) is 0 Å². The van der Waals surface area contributed by atoms with E-state index in [9.17, 15) is 8.42 Å². The number of hydrogen-bond acceptors (Lipinski definition) is 6. The molecule has 4 rings (SSSR count). The molecule has 2 saturated heterocycles. The molecule has 3 heterocycles. The minimum absolute atomic E-state index is 0.222. The van der Waals surface area contributed by atoms with Crippen molar-refractivity contribution in [3.8, 4) is 11.5 Å². The fourth-order valence-corrected chi connectivity index (χ4v) is 4.81. The predicted octanol–water partition coefficient (Wildman–Crippen LogP) is 1.23. The Morgan fingerprint density at radius 2 is 1.62 bits per heavy atom. The Labute approximate surface area is 141 Å². The van der Waals surface area contributed by atoms with Crippen LogP contribution in [0.1, 0.15) is 13.8 Å². The monoisotopic (exact) mass is 355 g/mol. The summed E-state index contributed by atoms with van der Waals surface area (Å²) in [5.74, 6) is 0.459. The van der Waals surface area contributed by atoms with Gasteiger partial charge in [0.05, 0.1) is 18.1 Å². The molecule has 3 aliphatic rings. The fourth-order valence-electron chi connectivity index (χ4n) is 3.12. The first-order chi connectivity index (χ1) is 11.3. The average Bonchev–Trinajstić information content (AvgIpc) is 2.52. The summed E-state index contributed by atoms with van der Waals surface area (Å²) in [5, 5.41) is 0. The van der Waals surface area contributed by atoms with Crippen molar-refractivity contribution < 1.29 is 27.4 Å². The number of rotatable bonds is 2. The van der Waals surface area contributed by atoms with Crippen molar-refractivity contribution in [3.05, 3.63) is 18.2 Å². The van der Waals surface area contributed by atoms with Crippen molar-refractivity contribution in [2.45, 2.75) is 24.5 Å². The van der Waals surface area contributed by atoms with E-state index in [0.29, 0.717) is 51.0 Å². The van der Waals surface area contributed by atoms with Gasteiger partial charge in [-0.15, -0.1) is 0 Å². The van der Waals surface area contributed by atoms with E-state index in [2.05, 4.69) is 0 Å². The van der Waals surface area contributed by atoms with Crippen molar-refractivity contribution >= 4 is 10.0 Å². The molecule has 3 aliphatic heterocycles. The molecule has 7 nitrogen and oxygen atoms in total. The fraction of sp³-hybridized carbons (Fsp3) is 0.625. The van der Waals surface area contributed by atoms with Crippen molar-refractivity contribution in [1.82, 2.24) is 4.31 Å².